The van der Waals surface area contributed by atoms with Crippen molar-refractivity contribution in [2.45, 2.75) is 12.5 Å². The molecule has 0 aliphatic rings. The first-order chi connectivity index (χ1) is 7.65. The van der Waals surface area contributed by atoms with Crippen LogP contribution in [0.1, 0.15) is 6.42 Å². The Morgan fingerprint density at radius 2 is 2.44 bits per heavy atom. The van der Waals surface area contributed by atoms with Crippen molar-refractivity contribution in [3.63, 3.8) is 0 Å². The molecule has 0 bridgehead atoms. The van der Waals surface area contributed by atoms with Crippen LogP contribution < -0.4 is 11.1 Å². The fourth-order valence-electron chi connectivity index (χ4n) is 1.11. The van der Waals surface area contributed by atoms with E-state index >= 15 is 0 Å². The zero-order chi connectivity index (χ0) is 12.0. The van der Waals surface area contributed by atoms with Crippen LogP contribution >= 0.6 is 0 Å². The molecular formula is C10H14FN3O2. The molecule has 1 aromatic heterocycles. The summed E-state index contributed by atoms with van der Waals surface area (Å²) in [5.74, 6) is -0.413. The molecule has 0 aliphatic carbocycles. The van der Waals surface area contributed by atoms with Crippen molar-refractivity contribution < 1.29 is 13.9 Å². The van der Waals surface area contributed by atoms with Crippen LogP contribution in [-0.2, 0) is 9.53 Å². The van der Waals surface area contributed by atoms with Crippen molar-refractivity contribution in [1.29, 1.82) is 0 Å². The van der Waals surface area contributed by atoms with Gasteiger partial charge >= 0.3 is 0 Å². The molecular weight excluding hydrogens is 213 g/mol. The van der Waals surface area contributed by atoms with E-state index in [4.69, 9.17) is 10.5 Å². The van der Waals surface area contributed by atoms with E-state index < -0.39 is 5.82 Å². The van der Waals surface area contributed by atoms with E-state index in [-0.39, 0.29) is 25.0 Å². The van der Waals surface area contributed by atoms with Crippen molar-refractivity contribution in [3.05, 3.63) is 24.1 Å². The van der Waals surface area contributed by atoms with Crippen LogP contribution in [0.2, 0.25) is 0 Å². The fraction of sp³-hybridized carbons (Fsp3) is 0.400. The summed E-state index contributed by atoms with van der Waals surface area (Å²) in [7, 11) is 1.49. The summed E-state index contributed by atoms with van der Waals surface area (Å²) in [4.78, 5) is 15.1. The van der Waals surface area contributed by atoms with E-state index in [9.17, 15) is 9.18 Å². The van der Waals surface area contributed by atoms with Gasteiger partial charge in [-0.05, 0) is 12.1 Å². The molecule has 3 N–H and O–H groups in total. The second-order valence-corrected chi connectivity index (χ2v) is 3.21. The molecule has 0 aliphatic heterocycles. The molecule has 0 radical (unpaired) electrons. The van der Waals surface area contributed by atoms with Gasteiger partial charge < -0.3 is 15.8 Å². The molecule has 0 fully saturated rings. The van der Waals surface area contributed by atoms with Gasteiger partial charge in [0, 0.05) is 13.7 Å². The number of carbonyl (C=O) groups is 1. The van der Waals surface area contributed by atoms with Crippen LogP contribution in [0.4, 0.5) is 10.2 Å². The number of amides is 1. The largest absolute Gasteiger partial charge is 0.380 e. The standard InChI is InChI=1S/C10H14FN3O2/c1-16-8(5-12)4-10(15)14-9-3-2-7(11)6-13-9/h2-3,6,8H,4-5,12H2,1H3,(H,13,14,15). The number of hydrogen-bond donors (Lipinski definition) is 2. The number of methoxy groups -OCH3 is 1. The molecule has 1 rings (SSSR count). The lowest BCUT2D eigenvalue weighted by molar-refractivity contribution is -0.118. The van der Waals surface area contributed by atoms with Gasteiger partial charge in [-0.3, -0.25) is 4.79 Å². The quantitative estimate of drug-likeness (QED) is 0.769. The van der Waals surface area contributed by atoms with Crippen molar-refractivity contribution in [1.82, 2.24) is 4.98 Å². The highest BCUT2D eigenvalue weighted by Crippen LogP contribution is 2.05. The van der Waals surface area contributed by atoms with E-state index in [0.717, 1.165) is 6.20 Å². The average molecular weight is 227 g/mol. The first-order valence-electron chi connectivity index (χ1n) is 4.80. The smallest absolute Gasteiger partial charge is 0.228 e. The summed E-state index contributed by atoms with van der Waals surface area (Å²) >= 11 is 0. The third-order valence-electron chi connectivity index (χ3n) is 2.00. The molecule has 1 amide bonds. The van der Waals surface area contributed by atoms with Crippen LogP contribution in [0.3, 0.4) is 0 Å². The van der Waals surface area contributed by atoms with E-state index in [1.807, 2.05) is 0 Å². The number of pyridine rings is 1. The molecule has 1 unspecified atom stereocenters. The maximum absolute atomic E-state index is 12.5. The highest BCUT2D eigenvalue weighted by Gasteiger charge is 2.11. The number of rotatable bonds is 5. The lowest BCUT2D eigenvalue weighted by Crippen LogP contribution is -2.28. The normalized spacial score (nSPS) is 12.2. The highest BCUT2D eigenvalue weighted by molar-refractivity contribution is 5.90. The maximum Gasteiger partial charge on any atom is 0.228 e. The van der Waals surface area contributed by atoms with Crippen molar-refractivity contribution in [2.24, 2.45) is 5.73 Å². The van der Waals surface area contributed by atoms with Gasteiger partial charge in [0.2, 0.25) is 5.91 Å². The minimum atomic E-state index is -0.449. The predicted molar refractivity (Wildman–Crippen MR) is 57.3 cm³/mol. The number of anilines is 1. The Balaban J connectivity index is 2.48. The van der Waals surface area contributed by atoms with Gasteiger partial charge in [-0.25, -0.2) is 9.37 Å². The van der Waals surface area contributed by atoms with Crippen LogP contribution in [-0.4, -0.2) is 30.6 Å². The van der Waals surface area contributed by atoms with Gasteiger partial charge in [-0.2, -0.15) is 0 Å². The van der Waals surface area contributed by atoms with Crippen molar-refractivity contribution >= 4 is 11.7 Å². The number of carbonyl (C=O) groups excluding carboxylic acids is 1. The second-order valence-electron chi connectivity index (χ2n) is 3.21. The molecule has 16 heavy (non-hydrogen) atoms. The summed E-state index contributed by atoms with van der Waals surface area (Å²) in [5.41, 5.74) is 5.37. The molecule has 0 aromatic carbocycles. The first kappa shape index (κ1) is 12.5. The average Bonchev–Trinajstić information content (AvgIpc) is 2.29. The second kappa shape index (κ2) is 6.14. The van der Waals surface area contributed by atoms with Gasteiger partial charge in [0.25, 0.3) is 0 Å². The maximum atomic E-state index is 12.5. The molecule has 0 spiro atoms. The van der Waals surface area contributed by atoms with E-state index in [1.54, 1.807) is 0 Å². The van der Waals surface area contributed by atoms with Crippen molar-refractivity contribution in [2.75, 3.05) is 19.0 Å². The number of ether oxygens (including phenoxy) is 1. The number of nitrogens with one attached hydrogen (secondary N) is 1. The Kier molecular flexibility index (Phi) is 4.81. The number of hydrogen-bond acceptors (Lipinski definition) is 4. The number of aromatic nitrogens is 1. The summed E-state index contributed by atoms with van der Waals surface area (Å²) in [6.45, 7) is 0.265. The summed E-state index contributed by atoms with van der Waals surface area (Å²) in [6, 6.07) is 2.61. The summed E-state index contributed by atoms with van der Waals surface area (Å²) < 4.78 is 17.5. The van der Waals surface area contributed by atoms with Crippen LogP contribution in [0.5, 0.6) is 0 Å². The van der Waals surface area contributed by atoms with E-state index in [0.29, 0.717) is 5.82 Å². The zero-order valence-electron chi connectivity index (χ0n) is 8.94. The Morgan fingerprint density at radius 1 is 1.69 bits per heavy atom. The Bertz CT molecular complexity index is 338. The summed E-state index contributed by atoms with van der Waals surface area (Å²) in [6.07, 6.45) is 0.860. The molecule has 0 saturated heterocycles. The van der Waals surface area contributed by atoms with Gasteiger partial charge in [0.15, 0.2) is 0 Å². The molecule has 5 nitrogen and oxygen atoms in total. The van der Waals surface area contributed by atoms with Crippen LogP contribution in [0.15, 0.2) is 18.3 Å². The SMILES string of the molecule is COC(CN)CC(=O)Nc1ccc(F)cn1. The highest BCUT2D eigenvalue weighted by atomic mass is 19.1. The van der Waals surface area contributed by atoms with Crippen LogP contribution in [0, 0.1) is 5.82 Å². The minimum Gasteiger partial charge on any atom is -0.380 e. The molecule has 1 aromatic rings. The minimum absolute atomic E-state index is 0.145. The van der Waals surface area contributed by atoms with Crippen molar-refractivity contribution in [3.8, 4) is 0 Å². The Morgan fingerprint density at radius 3 is 2.94 bits per heavy atom. The molecule has 88 valence electrons. The Labute approximate surface area is 92.8 Å². The van der Waals surface area contributed by atoms with Gasteiger partial charge in [-0.1, -0.05) is 0 Å². The first-order valence-corrected chi connectivity index (χ1v) is 4.80. The van der Waals surface area contributed by atoms with Gasteiger partial charge in [0.05, 0.1) is 18.7 Å². The number of halogens is 1. The number of nitrogens with zero attached hydrogens (tertiary/aromatic N) is 1. The Hall–Kier alpha value is -1.53. The molecule has 0 saturated carbocycles. The molecule has 6 heteroatoms. The van der Waals surface area contributed by atoms with E-state index in [1.165, 1.54) is 19.2 Å². The van der Waals surface area contributed by atoms with Crippen LogP contribution in [0.25, 0.3) is 0 Å². The molecule has 1 heterocycles. The third-order valence-corrected chi connectivity index (χ3v) is 2.00. The van der Waals surface area contributed by atoms with E-state index in [2.05, 4.69) is 10.3 Å². The topological polar surface area (TPSA) is 77.2 Å². The van der Waals surface area contributed by atoms with Gasteiger partial charge in [-0.15, -0.1) is 0 Å². The predicted octanol–water partition coefficient (Wildman–Crippen LogP) is 0.523. The fourth-order valence-corrected chi connectivity index (χ4v) is 1.11. The third kappa shape index (κ3) is 3.92. The lowest BCUT2D eigenvalue weighted by Gasteiger charge is -2.12. The van der Waals surface area contributed by atoms with Gasteiger partial charge in [0.1, 0.15) is 11.6 Å². The lowest BCUT2D eigenvalue weighted by atomic mass is 10.2. The summed E-state index contributed by atoms with van der Waals surface area (Å²) in [5, 5.41) is 2.52. The zero-order valence-corrected chi connectivity index (χ0v) is 8.94. The number of nitrogens with two attached hydrogens (primary N) is 1. The monoisotopic (exact) mass is 227 g/mol. The molecule has 1 atom stereocenters.